The third kappa shape index (κ3) is 4.67. The Kier molecular flexibility index (Phi) is 5.22. The van der Waals surface area contributed by atoms with E-state index < -0.39 is 23.0 Å². The molecule has 1 aromatic carbocycles. The van der Waals surface area contributed by atoms with Crippen molar-refractivity contribution in [2.75, 3.05) is 0 Å². The van der Waals surface area contributed by atoms with Crippen LogP contribution in [0.5, 0.6) is 0 Å². The number of halogens is 3. The standard InChI is InChI=1S/C16H13F3N4O3S/c1-8-11(13(24)21-14(25)20-8)6-12-22-23-15(26-12)27-7-9-2-4-10(5-3-9)16(17,18)19/h2-5H,6-7H2,1H3,(H2,20,21,24,25). The van der Waals surface area contributed by atoms with E-state index in [9.17, 15) is 22.8 Å². The first kappa shape index (κ1) is 19.0. The Labute approximate surface area is 154 Å². The summed E-state index contributed by atoms with van der Waals surface area (Å²) < 4.78 is 43.1. The topological polar surface area (TPSA) is 105 Å². The Morgan fingerprint density at radius 1 is 1.11 bits per heavy atom. The van der Waals surface area contributed by atoms with E-state index in [0.717, 1.165) is 23.9 Å². The van der Waals surface area contributed by atoms with Crippen LogP contribution in [0.25, 0.3) is 0 Å². The van der Waals surface area contributed by atoms with Gasteiger partial charge >= 0.3 is 11.9 Å². The second-order valence-corrected chi connectivity index (χ2v) is 6.56. The summed E-state index contributed by atoms with van der Waals surface area (Å²) in [7, 11) is 0. The van der Waals surface area contributed by atoms with Crippen LogP contribution in [0.15, 0.2) is 43.5 Å². The third-order valence-electron chi connectivity index (χ3n) is 3.67. The number of aromatic nitrogens is 4. The largest absolute Gasteiger partial charge is 0.416 e. The van der Waals surface area contributed by atoms with E-state index in [1.54, 1.807) is 6.92 Å². The molecule has 0 aliphatic carbocycles. The highest BCUT2D eigenvalue weighted by Crippen LogP contribution is 2.30. The number of thioether (sulfide) groups is 1. The summed E-state index contributed by atoms with van der Waals surface area (Å²) in [6.07, 6.45) is -4.32. The van der Waals surface area contributed by atoms with Crippen molar-refractivity contribution in [2.24, 2.45) is 0 Å². The second-order valence-electron chi connectivity index (χ2n) is 5.63. The number of rotatable bonds is 5. The van der Waals surface area contributed by atoms with E-state index in [0.29, 0.717) is 22.6 Å². The summed E-state index contributed by atoms with van der Waals surface area (Å²) in [5.41, 5.74) is -0.468. The molecule has 142 valence electrons. The van der Waals surface area contributed by atoms with Crippen molar-refractivity contribution in [1.29, 1.82) is 0 Å². The number of H-pyrrole nitrogens is 2. The molecule has 0 unspecified atom stereocenters. The lowest BCUT2D eigenvalue weighted by Gasteiger charge is -2.06. The predicted molar refractivity (Wildman–Crippen MR) is 90.5 cm³/mol. The molecule has 0 radical (unpaired) electrons. The van der Waals surface area contributed by atoms with Crippen LogP contribution < -0.4 is 11.2 Å². The van der Waals surface area contributed by atoms with Crippen LogP contribution in [0.1, 0.15) is 28.3 Å². The molecule has 0 fully saturated rings. The molecule has 7 nitrogen and oxygen atoms in total. The van der Waals surface area contributed by atoms with Gasteiger partial charge in [0.1, 0.15) is 0 Å². The average Bonchev–Trinajstić information content (AvgIpc) is 3.03. The van der Waals surface area contributed by atoms with Gasteiger partial charge < -0.3 is 9.40 Å². The molecule has 0 atom stereocenters. The van der Waals surface area contributed by atoms with E-state index in [1.807, 2.05) is 0 Å². The van der Waals surface area contributed by atoms with Crippen molar-refractivity contribution in [3.05, 3.63) is 73.4 Å². The first-order chi connectivity index (χ1) is 12.7. The fourth-order valence-electron chi connectivity index (χ4n) is 2.29. The molecule has 0 spiro atoms. The van der Waals surface area contributed by atoms with E-state index in [4.69, 9.17) is 4.42 Å². The maximum absolute atomic E-state index is 12.5. The third-order valence-corrected chi connectivity index (χ3v) is 4.56. The van der Waals surface area contributed by atoms with Gasteiger partial charge in [-0.15, -0.1) is 10.2 Å². The van der Waals surface area contributed by atoms with Crippen molar-refractivity contribution in [3.8, 4) is 0 Å². The van der Waals surface area contributed by atoms with Gasteiger partial charge in [-0.1, -0.05) is 23.9 Å². The van der Waals surface area contributed by atoms with Gasteiger partial charge in [0.05, 0.1) is 12.0 Å². The van der Waals surface area contributed by atoms with Crippen molar-refractivity contribution in [2.45, 2.75) is 30.5 Å². The van der Waals surface area contributed by atoms with Gasteiger partial charge in [0, 0.05) is 17.0 Å². The zero-order chi connectivity index (χ0) is 19.6. The van der Waals surface area contributed by atoms with Crippen LogP contribution in [-0.2, 0) is 18.3 Å². The molecule has 2 N–H and O–H groups in total. The molecule has 0 amide bonds. The SMILES string of the molecule is Cc1[nH]c(=O)[nH]c(=O)c1Cc1nnc(SCc2ccc(C(F)(F)F)cc2)o1. The lowest BCUT2D eigenvalue weighted by molar-refractivity contribution is -0.137. The van der Waals surface area contributed by atoms with E-state index in [-0.39, 0.29) is 17.5 Å². The van der Waals surface area contributed by atoms with Crippen LogP contribution in [0.3, 0.4) is 0 Å². The predicted octanol–water partition coefficient (Wildman–Crippen LogP) is 2.66. The fourth-order valence-corrected chi connectivity index (χ4v) is 3.03. The molecule has 0 aliphatic heterocycles. The van der Waals surface area contributed by atoms with E-state index in [2.05, 4.69) is 20.2 Å². The zero-order valence-corrected chi connectivity index (χ0v) is 14.7. The molecule has 0 bridgehead atoms. The van der Waals surface area contributed by atoms with E-state index >= 15 is 0 Å². The first-order valence-electron chi connectivity index (χ1n) is 7.66. The Balaban J connectivity index is 1.65. The number of hydrogen-bond acceptors (Lipinski definition) is 6. The minimum Gasteiger partial charge on any atom is -0.416 e. The van der Waals surface area contributed by atoms with Gasteiger partial charge in [-0.25, -0.2) is 4.79 Å². The average molecular weight is 398 g/mol. The summed E-state index contributed by atoms with van der Waals surface area (Å²) in [5, 5.41) is 7.91. The highest BCUT2D eigenvalue weighted by atomic mass is 32.2. The highest BCUT2D eigenvalue weighted by Gasteiger charge is 2.29. The quantitative estimate of drug-likeness (QED) is 0.641. The molecule has 2 aromatic heterocycles. The summed E-state index contributed by atoms with van der Waals surface area (Å²) >= 11 is 1.16. The van der Waals surface area contributed by atoms with Crippen LogP contribution in [0.4, 0.5) is 13.2 Å². The van der Waals surface area contributed by atoms with E-state index in [1.165, 1.54) is 12.1 Å². The van der Waals surface area contributed by atoms with Crippen LogP contribution in [-0.4, -0.2) is 20.2 Å². The molecule has 27 heavy (non-hydrogen) atoms. The van der Waals surface area contributed by atoms with Gasteiger partial charge in [-0.2, -0.15) is 13.2 Å². The summed E-state index contributed by atoms with van der Waals surface area (Å²) in [4.78, 5) is 27.6. The lowest BCUT2D eigenvalue weighted by Crippen LogP contribution is -2.27. The smallest absolute Gasteiger partial charge is 0.416 e. The number of nitrogens with zero attached hydrogens (tertiary/aromatic N) is 2. The number of nitrogens with one attached hydrogen (secondary N) is 2. The van der Waals surface area contributed by atoms with Crippen LogP contribution in [0, 0.1) is 6.92 Å². The van der Waals surface area contributed by atoms with Gasteiger partial charge in [-0.3, -0.25) is 9.78 Å². The Morgan fingerprint density at radius 3 is 2.44 bits per heavy atom. The summed E-state index contributed by atoms with van der Waals surface area (Å²) in [6, 6.07) is 4.80. The van der Waals surface area contributed by atoms with Crippen molar-refractivity contribution in [3.63, 3.8) is 0 Å². The molecule has 3 rings (SSSR count). The lowest BCUT2D eigenvalue weighted by atomic mass is 10.1. The van der Waals surface area contributed by atoms with Gasteiger partial charge in [0.2, 0.25) is 5.89 Å². The Hall–Kier alpha value is -2.82. The first-order valence-corrected chi connectivity index (χ1v) is 8.64. The molecule has 2 heterocycles. The Bertz CT molecular complexity index is 1050. The van der Waals surface area contributed by atoms with Crippen LogP contribution in [0.2, 0.25) is 0 Å². The normalized spacial score (nSPS) is 11.7. The highest BCUT2D eigenvalue weighted by molar-refractivity contribution is 7.98. The van der Waals surface area contributed by atoms with Crippen LogP contribution >= 0.6 is 11.8 Å². The number of aromatic amines is 2. The molecule has 0 aliphatic rings. The summed E-state index contributed by atoms with van der Waals surface area (Å²) in [6.45, 7) is 1.59. The molecule has 3 aromatic rings. The maximum Gasteiger partial charge on any atom is 0.416 e. The summed E-state index contributed by atoms with van der Waals surface area (Å²) in [5.74, 6) is 0.531. The minimum atomic E-state index is -4.37. The van der Waals surface area contributed by atoms with Crippen molar-refractivity contribution >= 4 is 11.8 Å². The zero-order valence-electron chi connectivity index (χ0n) is 13.9. The molecule has 11 heteroatoms. The molecule has 0 saturated heterocycles. The molecular weight excluding hydrogens is 385 g/mol. The number of benzene rings is 1. The Morgan fingerprint density at radius 2 is 1.81 bits per heavy atom. The number of hydrogen-bond donors (Lipinski definition) is 2. The van der Waals surface area contributed by atoms with Gasteiger partial charge in [0.15, 0.2) is 0 Å². The maximum atomic E-state index is 12.5. The monoisotopic (exact) mass is 398 g/mol. The molecule has 0 saturated carbocycles. The van der Waals surface area contributed by atoms with Crippen molar-refractivity contribution in [1.82, 2.24) is 20.2 Å². The molecular formula is C16H13F3N4O3S. The number of alkyl halides is 3. The minimum absolute atomic E-state index is 0.0474. The van der Waals surface area contributed by atoms with Gasteiger partial charge in [0.25, 0.3) is 10.8 Å². The van der Waals surface area contributed by atoms with Crippen molar-refractivity contribution < 1.29 is 17.6 Å². The second kappa shape index (κ2) is 7.43. The van der Waals surface area contributed by atoms with Gasteiger partial charge in [-0.05, 0) is 24.6 Å². The fraction of sp³-hybridized carbons (Fsp3) is 0.250. The number of aryl methyl sites for hydroxylation is 1.